The molecule has 3 aromatic rings. The topological polar surface area (TPSA) is 205 Å². The SMILES string of the molecule is CC[C@H](C)[C@@H](N)C(=O)N[C@@H](Cc1ccc(OCc2ccncc2)cc1)C(=O)N[C@@H](CCCCN)C(=O)Nc1ccc([N+](=O)[O-])cc1. The second kappa shape index (κ2) is 18.2. The van der Waals surface area contributed by atoms with Crippen LogP contribution in [-0.2, 0) is 27.4 Å². The van der Waals surface area contributed by atoms with Crippen molar-refractivity contribution in [1.29, 1.82) is 0 Å². The van der Waals surface area contributed by atoms with Crippen molar-refractivity contribution < 1.29 is 24.0 Å². The Kier molecular flexibility index (Phi) is 14.1. The quantitative estimate of drug-likeness (QED) is 0.0791. The fourth-order valence-electron chi connectivity index (χ4n) is 4.52. The van der Waals surface area contributed by atoms with E-state index in [-0.39, 0.29) is 24.4 Å². The normalized spacial score (nSPS) is 13.5. The first-order chi connectivity index (χ1) is 22.1. The Labute approximate surface area is 268 Å². The van der Waals surface area contributed by atoms with Crippen LogP contribution in [0.4, 0.5) is 11.4 Å². The zero-order chi connectivity index (χ0) is 33.5. The van der Waals surface area contributed by atoms with Crippen molar-refractivity contribution in [2.75, 3.05) is 11.9 Å². The summed E-state index contributed by atoms with van der Waals surface area (Å²) in [7, 11) is 0. The molecule has 0 aliphatic rings. The molecule has 0 unspecified atom stereocenters. The Morgan fingerprint density at radius 3 is 2.15 bits per heavy atom. The number of carbonyl (C=O) groups excluding carboxylic acids is 3. The zero-order valence-electron chi connectivity index (χ0n) is 26.2. The van der Waals surface area contributed by atoms with Crippen LogP contribution in [0.3, 0.4) is 0 Å². The smallest absolute Gasteiger partial charge is 0.269 e. The predicted molar refractivity (Wildman–Crippen MR) is 175 cm³/mol. The van der Waals surface area contributed by atoms with Gasteiger partial charge in [-0.1, -0.05) is 32.4 Å². The van der Waals surface area contributed by atoms with Crippen LogP contribution in [0.25, 0.3) is 0 Å². The first kappa shape index (κ1) is 35.6. The number of aromatic nitrogens is 1. The van der Waals surface area contributed by atoms with Crippen LogP contribution in [0.5, 0.6) is 5.75 Å². The number of nitro benzene ring substituents is 1. The molecule has 4 atom stereocenters. The van der Waals surface area contributed by atoms with Crippen molar-refractivity contribution in [3.8, 4) is 5.75 Å². The average molecular weight is 634 g/mol. The molecule has 3 amide bonds. The van der Waals surface area contributed by atoms with Crippen LogP contribution < -0.4 is 32.2 Å². The van der Waals surface area contributed by atoms with E-state index in [0.717, 1.165) is 11.1 Å². The summed E-state index contributed by atoms with van der Waals surface area (Å²) >= 11 is 0. The Hall–Kier alpha value is -4.88. The van der Waals surface area contributed by atoms with Crippen LogP contribution in [0, 0.1) is 16.0 Å². The van der Waals surface area contributed by atoms with E-state index in [1.807, 2.05) is 38.1 Å². The van der Waals surface area contributed by atoms with Crippen LogP contribution in [0.15, 0.2) is 73.1 Å². The molecule has 246 valence electrons. The van der Waals surface area contributed by atoms with Crippen LogP contribution in [0.1, 0.15) is 50.7 Å². The molecule has 3 rings (SSSR count). The van der Waals surface area contributed by atoms with E-state index < -0.39 is 40.8 Å². The second-order valence-corrected chi connectivity index (χ2v) is 11.1. The molecule has 0 fully saturated rings. The van der Waals surface area contributed by atoms with E-state index in [1.165, 1.54) is 24.3 Å². The third kappa shape index (κ3) is 11.2. The van der Waals surface area contributed by atoms with E-state index in [1.54, 1.807) is 24.5 Å². The number of amides is 3. The van der Waals surface area contributed by atoms with E-state index in [9.17, 15) is 24.5 Å². The monoisotopic (exact) mass is 633 g/mol. The van der Waals surface area contributed by atoms with E-state index in [0.29, 0.717) is 43.9 Å². The Morgan fingerprint density at radius 1 is 0.891 bits per heavy atom. The van der Waals surface area contributed by atoms with Gasteiger partial charge in [-0.25, -0.2) is 0 Å². The van der Waals surface area contributed by atoms with E-state index >= 15 is 0 Å². The van der Waals surface area contributed by atoms with Crippen LogP contribution in [-0.4, -0.2) is 52.3 Å². The molecular weight excluding hydrogens is 590 g/mol. The minimum absolute atomic E-state index is 0.114. The molecule has 0 spiro atoms. The number of pyridine rings is 1. The fourth-order valence-corrected chi connectivity index (χ4v) is 4.52. The number of rotatable bonds is 18. The minimum Gasteiger partial charge on any atom is -0.489 e. The summed E-state index contributed by atoms with van der Waals surface area (Å²) in [6, 6.07) is 13.5. The third-order valence-corrected chi connectivity index (χ3v) is 7.64. The van der Waals surface area contributed by atoms with Crippen LogP contribution in [0.2, 0.25) is 0 Å². The van der Waals surface area contributed by atoms with Gasteiger partial charge in [-0.3, -0.25) is 29.5 Å². The second-order valence-electron chi connectivity index (χ2n) is 11.1. The molecule has 0 bridgehead atoms. The van der Waals surface area contributed by atoms with Gasteiger partial charge < -0.3 is 32.2 Å². The highest BCUT2D eigenvalue weighted by Crippen LogP contribution is 2.18. The summed E-state index contributed by atoms with van der Waals surface area (Å²) in [5.74, 6) is -1.01. The molecule has 7 N–H and O–H groups in total. The average Bonchev–Trinajstić information content (AvgIpc) is 3.07. The number of hydrogen-bond donors (Lipinski definition) is 5. The molecule has 0 radical (unpaired) electrons. The summed E-state index contributed by atoms with van der Waals surface area (Å²) in [5, 5.41) is 19.3. The van der Waals surface area contributed by atoms with E-state index in [2.05, 4.69) is 20.9 Å². The molecule has 0 aliphatic heterocycles. The van der Waals surface area contributed by atoms with Gasteiger partial charge in [-0.05, 0) is 79.3 Å². The molecule has 2 aromatic carbocycles. The number of ether oxygens (including phenoxy) is 1. The summed E-state index contributed by atoms with van der Waals surface area (Å²) in [5.41, 5.74) is 13.8. The van der Waals surface area contributed by atoms with E-state index in [4.69, 9.17) is 16.2 Å². The number of nitrogens with one attached hydrogen (secondary N) is 3. The first-order valence-corrected chi connectivity index (χ1v) is 15.3. The number of benzene rings is 2. The highest BCUT2D eigenvalue weighted by molar-refractivity contribution is 5.98. The number of unbranched alkanes of at least 4 members (excludes halogenated alkanes) is 1. The summed E-state index contributed by atoms with van der Waals surface area (Å²) in [6.07, 6.45) is 5.68. The number of nitrogens with two attached hydrogens (primary N) is 2. The molecule has 1 aromatic heterocycles. The fraction of sp³-hybridized carbons (Fsp3) is 0.394. The van der Waals surface area contributed by atoms with Crippen molar-refractivity contribution >= 4 is 29.1 Å². The lowest BCUT2D eigenvalue weighted by atomic mass is 9.98. The number of nitrogens with zero attached hydrogens (tertiary/aromatic N) is 2. The largest absolute Gasteiger partial charge is 0.489 e. The summed E-state index contributed by atoms with van der Waals surface area (Å²) < 4.78 is 5.85. The molecule has 13 heteroatoms. The number of non-ortho nitro benzene ring substituents is 1. The van der Waals surface area contributed by atoms with Crippen molar-refractivity contribution in [3.63, 3.8) is 0 Å². The van der Waals surface area contributed by atoms with Gasteiger partial charge in [0.1, 0.15) is 24.4 Å². The van der Waals surface area contributed by atoms with Crippen molar-refractivity contribution in [2.24, 2.45) is 17.4 Å². The van der Waals surface area contributed by atoms with Gasteiger partial charge in [0.05, 0.1) is 11.0 Å². The molecule has 1 heterocycles. The van der Waals surface area contributed by atoms with Gasteiger partial charge in [-0.15, -0.1) is 0 Å². The number of anilines is 1. The van der Waals surface area contributed by atoms with Gasteiger partial charge in [0.15, 0.2) is 0 Å². The first-order valence-electron chi connectivity index (χ1n) is 15.3. The number of nitro groups is 1. The maximum Gasteiger partial charge on any atom is 0.269 e. The van der Waals surface area contributed by atoms with Gasteiger partial charge in [0.2, 0.25) is 17.7 Å². The molecule has 13 nitrogen and oxygen atoms in total. The molecule has 0 saturated carbocycles. The predicted octanol–water partition coefficient (Wildman–Crippen LogP) is 3.22. The van der Waals surface area contributed by atoms with Crippen molar-refractivity contribution in [3.05, 3.63) is 94.3 Å². The van der Waals surface area contributed by atoms with Gasteiger partial charge in [0, 0.05) is 36.6 Å². The lowest BCUT2D eigenvalue weighted by Gasteiger charge is -2.25. The van der Waals surface area contributed by atoms with Gasteiger partial charge >= 0.3 is 0 Å². The Morgan fingerprint density at radius 2 is 1.54 bits per heavy atom. The van der Waals surface area contributed by atoms with Crippen LogP contribution >= 0.6 is 0 Å². The Balaban J connectivity index is 1.76. The lowest BCUT2D eigenvalue weighted by Crippen LogP contribution is -2.56. The minimum atomic E-state index is -1.03. The maximum absolute atomic E-state index is 13.7. The third-order valence-electron chi connectivity index (χ3n) is 7.64. The van der Waals surface area contributed by atoms with Gasteiger partial charge in [-0.2, -0.15) is 0 Å². The maximum atomic E-state index is 13.7. The van der Waals surface area contributed by atoms with Crippen molar-refractivity contribution in [1.82, 2.24) is 15.6 Å². The molecular formula is C33H43N7O6. The standard InChI is InChI=1S/C33H43N7O6/c1-3-22(2)30(35)33(43)39-29(20-23-7-13-27(14-8-23)46-21-24-15-18-36-19-16-24)32(42)38-28(6-4-5-17-34)31(41)37-25-9-11-26(12-10-25)40(44)45/h7-16,18-19,22,28-30H,3-6,17,20-21,34-35H2,1-2H3,(H,37,41)(H,38,42)(H,39,43)/t22-,28-,29-,30+/m0/s1. The molecule has 0 saturated heterocycles. The molecule has 46 heavy (non-hydrogen) atoms. The summed E-state index contributed by atoms with van der Waals surface area (Å²) in [6.45, 7) is 4.57. The molecule has 0 aliphatic carbocycles. The summed E-state index contributed by atoms with van der Waals surface area (Å²) in [4.78, 5) is 54.5. The number of carbonyl (C=O) groups is 3. The van der Waals surface area contributed by atoms with Gasteiger partial charge in [0.25, 0.3) is 5.69 Å². The Bertz CT molecular complexity index is 1420. The number of hydrogen-bond acceptors (Lipinski definition) is 9. The highest BCUT2D eigenvalue weighted by Gasteiger charge is 2.29. The zero-order valence-corrected chi connectivity index (χ0v) is 26.2. The van der Waals surface area contributed by atoms with Crippen molar-refractivity contribution in [2.45, 2.75) is 70.7 Å². The lowest BCUT2D eigenvalue weighted by molar-refractivity contribution is -0.384. The highest BCUT2D eigenvalue weighted by atomic mass is 16.6.